The third-order valence-electron chi connectivity index (χ3n) is 3.77. The Hall–Kier alpha value is -3.23. The van der Waals surface area contributed by atoms with Gasteiger partial charge in [0.25, 0.3) is 0 Å². The molecule has 1 atom stereocenters. The van der Waals surface area contributed by atoms with E-state index in [0.29, 0.717) is 11.3 Å². The fraction of sp³-hybridized carbons (Fsp3) is 0.333. The molecule has 0 saturated carbocycles. The second-order valence-electron chi connectivity index (χ2n) is 7.51. The Morgan fingerprint density at radius 3 is 1.90 bits per heavy atom. The zero-order chi connectivity index (χ0) is 22.5. The van der Waals surface area contributed by atoms with Gasteiger partial charge in [0.2, 0.25) is 0 Å². The van der Waals surface area contributed by atoms with Crippen molar-refractivity contribution in [3.63, 3.8) is 0 Å². The molecule has 2 aromatic carbocycles. The minimum Gasteiger partial charge on any atom is -0.480 e. The van der Waals surface area contributed by atoms with E-state index in [9.17, 15) is 27.9 Å². The third kappa shape index (κ3) is 7.31. The van der Waals surface area contributed by atoms with E-state index in [4.69, 9.17) is 9.47 Å². The van der Waals surface area contributed by atoms with Gasteiger partial charge in [0.05, 0.1) is 5.56 Å². The lowest BCUT2D eigenvalue weighted by Gasteiger charge is -2.22. The van der Waals surface area contributed by atoms with Gasteiger partial charge in [-0.05, 0) is 62.7 Å². The Labute approximate surface area is 171 Å². The van der Waals surface area contributed by atoms with Crippen LogP contribution in [0.15, 0.2) is 48.5 Å². The standard InChI is InChI=1S/C21H22F3NO5/c1-20(2,3)30-19(28)25-17(18(26)27)12-13-4-8-15(9-5-13)29-16-10-6-14(7-11-16)21(22,23)24/h4-11,17H,12H2,1-3H3,(H,25,28)(H,26,27)/t17-/m1/s1. The van der Waals surface area contributed by atoms with E-state index in [0.717, 1.165) is 12.1 Å². The summed E-state index contributed by atoms with van der Waals surface area (Å²) in [7, 11) is 0. The number of alkyl halides is 3. The number of halogens is 3. The van der Waals surface area contributed by atoms with Crippen LogP contribution in [-0.2, 0) is 22.1 Å². The number of amides is 1. The number of ether oxygens (including phenoxy) is 2. The van der Waals surface area contributed by atoms with Gasteiger partial charge in [-0.3, -0.25) is 0 Å². The highest BCUT2D eigenvalue weighted by Crippen LogP contribution is 2.31. The summed E-state index contributed by atoms with van der Waals surface area (Å²) in [5.41, 5.74) is -0.926. The molecule has 0 fully saturated rings. The highest BCUT2D eigenvalue weighted by molar-refractivity contribution is 5.80. The molecule has 0 aromatic heterocycles. The number of aliphatic carboxylic acids is 1. The Kier molecular flexibility index (Phi) is 6.96. The quantitative estimate of drug-likeness (QED) is 0.679. The molecule has 1 amide bonds. The summed E-state index contributed by atoms with van der Waals surface area (Å²) < 4.78 is 48.4. The monoisotopic (exact) mass is 425 g/mol. The van der Waals surface area contributed by atoms with Gasteiger partial charge in [-0.2, -0.15) is 13.2 Å². The lowest BCUT2D eigenvalue weighted by molar-refractivity contribution is -0.139. The van der Waals surface area contributed by atoms with E-state index in [-0.39, 0.29) is 12.2 Å². The van der Waals surface area contributed by atoms with Crippen molar-refractivity contribution in [3.05, 3.63) is 59.7 Å². The van der Waals surface area contributed by atoms with Crippen molar-refractivity contribution >= 4 is 12.1 Å². The topological polar surface area (TPSA) is 84.9 Å². The smallest absolute Gasteiger partial charge is 0.416 e. The molecule has 162 valence electrons. The highest BCUT2D eigenvalue weighted by atomic mass is 19.4. The summed E-state index contributed by atoms with van der Waals surface area (Å²) in [4.78, 5) is 23.3. The van der Waals surface area contributed by atoms with Gasteiger partial charge < -0.3 is 19.9 Å². The molecule has 2 aromatic rings. The van der Waals surface area contributed by atoms with E-state index in [1.54, 1.807) is 45.0 Å². The zero-order valence-corrected chi connectivity index (χ0v) is 16.6. The van der Waals surface area contributed by atoms with Gasteiger partial charge in [-0.15, -0.1) is 0 Å². The van der Waals surface area contributed by atoms with Crippen molar-refractivity contribution < 1.29 is 37.3 Å². The van der Waals surface area contributed by atoms with Gasteiger partial charge >= 0.3 is 18.2 Å². The van der Waals surface area contributed by atoms with Crippen LogP contribution < -0.4 is 10.1 Å². The van der Waals surface area contributed by atoms with Gasteiger partial charge in [0.1, 0.15) is 23.1 Å². The Bertz CT molecular complexity index is 872. The van der Waals surface area contributed by atoms with Crippen molar-refractivity contribution in [2.24, 2.45) is 0 Å². The summed E-state index contributed by atoms with van der Waals surface area (Å²) in [6, 6.07) is 9.38. The zero-order valence-electron chi connectivity index (χ0n) is 16.6. The van der Waals surface area contributed by atoms with Gasteiger partial charge in [-0.25, -0.2) is 9.59 Å². The summed E-state index contributed by atoms with van der Waals surface area (Å²) in [5, 5.41) is 11.6. The molecule has 0 unspecified atom stereocenters. The molecule has 0 aliphatic rings. The van der Waals surface area contributed by atoms with Crippen molar-refractivity contribution in [1.82, 2.24) is 5.32 Å². The molecular formula is C21H22F3NO5. The van der Waals surface area contributed by atoms with Crippen LogP contribution in [0.1, 0.15) is 31.9 Å². The fourth-order valence-electron chi connectivity index (χ4n) is 2.43. The molecule has 0 aliphatic carbocycles. The van der Waals surface area contributed by atoms with Crippen LogP contribution in [0.3, 0.4) is 0 Å². The number of nitrogens with one attached hydrogen (secondary N) is 1. The second kappa shape index (κ2) is 9.06. The summed E-state index contributed by atoms with van der Waals surface area (Å²) in [5.74, 6) is -0.623. The van der Waals surface area contributed by atoms with Gasteiger partial charge in [-0.1, -0.05) is 12.1 Å². The molecule has 2 rings (SSSR count). The number of hydrogen-bond acceptors (Lipinski definition) is 4. The lowest BCUT2D eigenvalue weighted by Crippen LogP contribution is -2.44. The number of alkyl carbamates (subject to hydrolysis) is 1. The van der Waals surface area contributed by atoms with Crippen LogP contribution in [0.5, 0.6) is 11.5 Å². The minimum absolute atomic E-state index is 0.00906. The first kappa shape index (κ1) is 23.1. The van der Waals surface area contributed by atoms with Crippen LogP contribution in [0.25, 0.3) is 0 Å². The predicted octanol–water partition coefficient (Wildman–Crippen LogP) is 5.02. The maximum atomic E-state index is 12.6. The fourth-order valence-corrected chi connectivity index (χ4v) is 2.43. The molecule has 2 N–H and O–H groups in total. The van der Waals surface area contributed by atoms with Crippen LogP contribution in [0.4, 0.5) is 18.0 Å². The number of carbonyl (C=O) groups is 2. The number of carbonyl (C=O) groups excluding carboxylic acids is 1. The number of carboxylic acid groups (broad SMARTS) is 1. The molecule has 6 nitrogen and oxygen atoms in total. The van der Waals surface area contributed by atoms with E-state index in [1.165, 1.54) is 12.1 Å². The number of benzene rings is 2. The highest BCUT2D eigenvalue weighted by Gasteiger charge is 2.30. The SMILES string of the molecule is CC(C)(C)OC(=O)N[C@H](Cc1ccc(Oc2ccc(C(F)(F)F)cc2)cc1)C(=O)O. The predicted molar refractivity (Wildman–Crippen MR) is 102 cm³/mol. The van der Waals surface area contributed by atoms with Crippen molar-refractivity contribution in [2.45, 2.75) is 45.0 Å². The van der Waals surface area contributed by atoms with Crippen LogP contribution in [0.2, 0.25) is 0 Å². The molecule has 0 radical (unpaired) electrons. The summed E-state index contributed by atoms with van der Waals surface area (Å²) in [6.45, 7) is 4.99. The third-order valence-corrected chi connectivity index (χ3v) is 3.77. The number of hydrogen-bond donors (Lipinski definition) is 2. The minimum atomic E-state index is -4.42. The summed E-state index contributed by atoms with van der Waals surface area (Å²) in [6.07, 6.45) is -5.25. The van der Waals surface area contributed by atoms with Crippen LogP contribution in [0, 0.1) is 0 Å². The molecule has 30 heavy (non-hydrogen) atoms. The van der Waals surface area contributed by atoms with Crippen LogP contribution in [-0.4, -0.2) is 28.8 Å². The second-order valence-corrected chi connectivity index (χ2v) is 7.51. The molecular weight excluding hydrogens is 403 g/mol. The van der Waals surface area contributed by atoms with E-state index in [2.05, 4.69) is 5.32 Å². The van der Waals surface area contributed by atoms with Gasteiger partial charge in [0.15, 0.2) is 0 Å². The normalized spacial score (nSPS) is 12.7. The van der Waals surface area contributed by atoms with E-state index >= 15 is 0 Å². The Morgan fingerprint density at radius 2 is 1.47 bits per heavy atom. The molecule has 0 spiro atoms. The molecule has 0 aliphatic heterocycles. The Morgan fingerprint density at radius 1 is 0.967 bits per heavy atom. The number of carboxylic acids is 1. The first-order valence-electron chi connectivity index (χ1n) is 9.00. The number of rotatable bonds is 6. The molecule has 0 saturated heterocycles. The molecule has 0 bridgehead atoms. The summed E-state index contributed by atoms with van der Waals surface area (Å²) >= 11 is 0. The van der Waals surface area contributed by atoms with E-state index in [1.807, 2.05) is 0 Å². The maximum absolute atomic E-state index is 12.6. The van der Waals surface area contributed by atoms with Crippen molar-refractivity contribution in [2.75, 3.05) is 0 Å². The van der Waals surface area contributed by atoms with E-state index < -0.39 is 35.4 Å². The molecule has 9 heteroatoms. The lowest BCUT2D eigenvalue weighted by atomic mass is 10.1. The van der Waals surface area contributed by atoms with Crippen molar-refractivity contribution in [1.29, 1.82) is 0 Å². The first-order chi connectivity index (χ1) is 13.8. The molecule has 0 heterocycles. The maximum Gasteiger partial charge on any atom is 0.416 e. The largest absolute Gasteiger partial charge is 0.480 e. The van der Waals surface area contributed by atoms with Crippen molar-refractivity contribution in [3.8, 4) is 11.5 Å². The first-order valence-corrected chi connectivity index (χ1v) is 9.00. The van der Waals surface area contributed by atoms with Crippen LogP contribution >= 0.6 is 0 Å². The Balaban J connectivity index is 2.00. The van der Waals surface area contributed by atoms with Gasteiger partial charge in [0, 0.05) is 6.42 Å². The average molecular weight is 425 g/mol. The average Bonchev–Trinajstić information content (AvgIpc) is 2.61.